The number of anilines is 1. The van der Waals surface area contributed by atoms with Gasteiger partial charge in [-0.05, 0) is 37.5 Å². The van der Waals surface area contributed by atoms with Gasteiger partial charge in [0.25, 0.3) is 0 Å². The monoisotopic (exact) mass is 317 g/mol. The summed E-state index contributed by atoms with van der Waals surface area (Å²) in [5, 5.41) is 13.1. The maximum Gasteiger partial charge on any atom is 0.225 e. The van der Waals surface area contributed by atoms with Crippen molar-refractivity contribution in [3.63, 3.8) is 0 Å². The molecule has 1 saturated carbocycles. The van der Waals surface area contributed by atoms with E-state index in [1.165, 1.54) is 12.8 Å². The number of nitrogens with one attached hydrogen (secondary N) is 1. The van der Waals surface area contributed by atoms with E-state index in [2.05, 4.69) is 11.4 Å². The minimum atomic E-state index is 0.207. The molecule has 2 fully saturated rings. The second-order valence-corrected chi connectivity index (χ2v) is 6.63. The first-order valence-corrected chi connectivity index (χ1v) is 8.30. The zero-order valence-electron chi connectivity index (χ0n) is 12.5. The van der Waals surface area contributed by atoms with Gasteiger partial charge in [-0.25, -0.2) is 0 Å². The van der Waals surface area contributed by atoms with Crippen LogP contribution < -0.4 is 5.32 Å². The minimum absolute atomic E-state index is 0.207. The van der Waals surface area contributed by atoms with Crippen molar-refractivity contribution >= 4 is 23.2 Å². The van der Waals surface area contributed by atoms with E-state index >= 15 is 0 Å². The van der Waals surface area contributed by atoms with E-state index in [9.17, 15) is 10.1 Å². The van der Waals surface area contributed by atoms with Crippen LogP contribution in [-0.4, -0.2) is 29.9 Å². The van der Waals surface area contributed by atoms with Gasteiger partial charge in [0.2, 0.25) is 5.91 Å². The Morgan fingerprint density at radius 1 is 1.32 bits per heavy atom. The van der Waals surface area contributed by atoms with E-state index in [0.717, 1.165) is 38.0 Å². The summed E-state index contributed by atoms with van der Waals surface area (Å²) in [6.07, 6.45) is 5.38. The van der Waals surface area contributed by atoms with Crippen LogP contribution in [0.5, 0.6) is 0 Å². The van der Waals surface area contributed by atoms with Crippen molar-refractivity contribution in [2.75, 3.05) is 18.4 Å². The Morgan fingerprint density at radius 2 is 2.09 bits per heavy atom. The van der Waals surface area contributed by atoms with Gasteiger partial charge in [-0.15, -0.1) is 0 Å². The molecule has 1 aliphatic heterocycles. The normalized spacial score (nSPS) is 21.8. The largest absolute Gasteiger partial charge is 0.379 e. The lowest BCUT2D eigenvalue weighted by molar-refractivity contribution is -0.134. The Balaban J connectivity index is 1.61. The lowest BCUT2D eigenvalue weighted by atomic mass is 10.1. The van der Waals surface area contributed by atoms with Crippen molar-refractivity contribution < 1.29 is 4.79 Å². The van der Waals surface area contributed by atoms with Gasteiger partial charge in [-0.2, -0.15) is 5.26 Å². The zero-order valence-corrected chi connectivity index (χ0v) is 13.3. The molecule has 1 atom stereocenters. The third-order valence-electron chi connectivity index (χ3n) is 4.67. The molecular formula is C17H20ClN3O. The molecule has 4 nitrogen and oxygen atoms in total. The SMILES string of the molecule is N#Cc1cc(Cl)ccc1NC1CCN(C(=O)C2CCCC2)C1. The summed E-state index contributed by atoms with van der Waals surface area (Å²) in [6.45, 7) is 1.53. The van der Waals surface area contributed by atoms with E-state index in [4.69, 9.17) is 11.6 Å². The quantitative estimate of drug-likeness (QED) is 0.929. The summed E-state index contributed by atoms with van der Waals surface area (Å²) in [4.78, 5) is 14.4. The third-order valence-corrected chi connectivity index (χ3v) is 4.90. The number of benzene rings is 1. The first-order valence-electron chi connectivity index (χ1n) is 7.92. The highest BCUT2D eigenvalue weighted by Gasteiger charge is 2.32. The highest BCUT2D eigenvalue weighted by molar-refractivity contribution is 6.30. The predicted molar refractivity (Wildman–Crippen MR) is 86.7 cm³/mol. The first kappa shape index (κ1) is 15.2. The fourth-order valence-corrected chi connectivity index (χ4v) is 3.64. The minimum Gasteiger partial charge on any atom is -0.379 e. The highest BCUT2D eigenvalue weighted by Crippen LogP contribution is 2.29. The Kier molecular flexibility index (Phi) is 4.54. The van der Waals surface area contributed by atoms with Gasteiger partial charge in [0.1, 0.15) is 6.07 Å². The number of likely N-dealkylation sites (tertiary alicyclic amines) is 1. The molecule has 5 heteroatoms. The van der Waals surface area contributed by atoms with Crippen molar-refractivity contribution in [3.8, 4) is 6.07 Å². The Labute approximate surface area is 136 Å². The van der Waals surface area contributed by atoms with Gasteiger partial charge < -0.3 is 10.2 Å². The summed E-state index contributed by atoms with van der Waals surface area (Å²) in [5.41, 5.74) is 1.35. The maximum atomic E-state index is 12.4. The van der Waals surface area contributed by atoms with Crippen LogP contribution in [0.2, 0.25) is 5.02 Å². The molecule has 1 aliphatic carbocycles. The zero-order chi connectivity index (χ0) is 15.5. The van der Waals surface area contributed by atoms with Gasteiger partial charge in [-0.3, -0.25) is 4.79 Å². The van der Waals surface area contributed by atoms with Crippen LogP contribution in [0.1, 0.15) is 37.7 Å². The number of carbonyl (C=O) groups excluding carboxylic acids is 1. The number of carbonyl (C=O) groups is 1. The van der Waals surface area contributed by atoms with Crippen LogP contribution in [0.25, 0.3) is 0 Å². The van der Waals surface area contributed by atoms with Crippen molar-refractivity contribution in [3.05, 3.63) is 28.8 Å². The van der Waals surface area contributed by atoms with Crippen molar-refractivity contribution in [1.29, 1.82) is 5.26 Å². The van der Waals surface area contributed by atoms with E-state index < -0.39 is 0 Å². The number of halogens is 1. The molecular weight excluding hydrogens is 298 g/mol. The molecule has 116 valence electrons. The van der Waals surface area contributed by atoms with Crippen molar-refractivity contribution in [1.82, 2.24) is 4.90 Å². The van der Waals surface area contributed by atoms with Crippen LogP contribution in [0.15, 0.2) is 18.2 Å². The molecule has 0 aromatic heterocycles. The summed E-state index contributed by atoms with van der Waals surface area (Å²) >= 11 is 5.92. The molecule has 3 rings (SSSR count). The molecule has 2 aliphatic rings. The number of amides is 1. The standard InChI is InChI=1S/C17H20ClN3O/c18-14-5-6-16(13(9-14)10-19)20-15-7-8-21(11-15)17(22)12-3-1-2-4-12/h5-6,9,12,15,20H,1-4,7-8,11H2. The molecule has 0 bridgehead atoms. The Hall–Kier alpha value is -1.73. The molecule has 1 saturated heterocycles. The molecule has 1 aromatic rings. The predicted octanol–water partition coefficient (Wildman–Crippen LogP) is 3.41. The molecule has 22 heavy (non-hydrogen) atoms. The van der Waals surface area contributed by atoms with Crippen LogP contribution in [0.4, 0.5) is 5.69 Å². The molecule has 1 unspecified atom stereocenters. The number of nitrogens with zero attached hydrogens (tertiary/aromatic N) is 2. The first-order chi connectivity index (χ1) is 10.7. The molecule has 1 N–H and O–H groups in total. The van der Waals surface area contributed by atoms with Gasteiger partial charge in [0.05, 0.1) is 11.3 Å². The summed E-state index contributed by atoms with van der Waals surface area (Å²) in [7, 11) is 0. The van der Waals surface area contributed by atoms with E-state index in [0.29, 0.717) is 16.5 Å². The second-order valence-electron chi connectivity index (χ2n) is 6.20. The fourth-order valence-electron chi connectivity index (χ4n) is 3.46. The third kappa shape index (κ3) is 3.20. The van der Waals surface area contributed by atoms with Crippen LogP contribution in [-0.2, 0) is 4.79 Å². The highest BCUT2D eigenvalue weighted by atomic mass is 35.5. The molecule has 1 heterocycles. The van der Waals surface area contributed by atoms with E-state index in [1.54, 1.807) is 12.1 Å². The average molecular weight is 318 g/mol. The Bertz CT molecular complexity index is 604. The molecule has 1 amide bonds. The maximum absolute atomic E-state index is 12.4. The van der Waals surface area contributed by atoms with Crippen molar-refractivity contribution in [2.24, 2.45) is 5.92 Å². The van der Waals surface area contributed by atoms with Crippen LogP contribution in [0.3, 0.4) is 0 Å². The number of nitriles is 1. The average Bonchev–Trinajstić information content (AvgIpc) is 3.19. The number of hydrogen-bond donors (Lipinski definition) is 1. The molecule has 0 spiro atoms. The summed E-state index contributed by atoms with van der Waals surface area (Å²) in [5.74, 6) is 0.558. The molecule has 0 radical (unpaired) electrons. The number of hydrogen-bond acceptors (Lipinski definition) is 3. The lowest BCUT2D eigenvalue weighted by Gasteiger charge is -2.21. The van der Waals surface area contributed by atoms with Crippen LogP contribution in [0, 0.1) is 17.2 Å². The second kappa shape index (κ2) is 6.58. The smallest absolute Gasteiger partial charge is 0.225 e. The lowest BCUT2D eigenvalue weighted by Crippen LogP contribution is -2.35. The number of rotatable bonds is 3. The van der Waals surface area contributed by atoms with Gasteiger partial charge in [0.15, 0.2) is 0 Å². The topological polar surface area (TPSA) is 56.1 Å². The van der Waals surface area contributed by atoms with Gasteiger partial charge >= 0.3 is 0 Å². The van der Waals surface area contributed by atoms with Gasteiger partial charge in [0, 0.05) is 30.1 Å². The van der Waals surface area contributed by atoms with Gasteiger partial charge in [-0.1, -0.05) is 24.4 Å². The molecule has 1 aromatic carbocycles. The van der Waals surface area contributed by atoms with E-state index in [1.807, 2.05) is 11.0 Å². The Morgan fingerprint density at radius 3 is 2.82 bits per heavy atom. The summed E-state index contributed by atoms with van der Waals surface area (Å²) in [6, 6.07) is 7.65. The summed E-state index contributed by atoms with van der Waals surface area (Å²) < 4.78 is 0. The fraction of sp³-hybridized carbons (Fsp3) is 0.529. The van der Waals surface area contributed by atoms with E-state index in [-0.39, 0.29) is 12.0 Å². The van der Waals surface area contributed by atoms with Crippen molar-refractivity contribution in [2.45, 2.75) is 38.1 Å². The van der Waals surface area contributed by atoms with Crippen LogP contribution >= 0.6 is 11.6 Å².